The first-order valence-corrected chi connectivity index (χ1v) is 11.0. The summed E-state index contributed by atoms with van der Waals surface area (Å²) >= 11 is 0. The predicted molar refractivity (Wildman–Crippen MR) is 109 cm³/mol. The van der Waals surface area contributed by atoms with Gasteiger partial charge in [-0.3, -0.25) is 0 Å². The van der Waals surface area contributed by atoms with Crippen molar-refractivity contribution in [3.05, 3.63) is 83.4 Å². The van der Waals surface area contributed by atoms with Crippen molar-refractivity contribution in [2.24, 2.45) is 0 Å². The fourth-order valence-corrected chi connectivity index (χ4v) is 7.74. The predicted octanol–water partition coefficient (Wildman–Crippen LogP) is 0.851. The van der Waals surface area contributed by atoms with Gasteiger partial charge in [-0.25, -0.2) is 0 Å². The number of rotatable bonds is 3. The van der Waals surface area contributed by atoms with Gasteiger partial charge in [-0.1, -0.05) is 87.9 Å². The van der Waals surface area contributed by atoms with E-state index in [-0.39, 0.29) is 0 Å². The van der Waals surface area contributed by atoms with Crippen LogP contribution in [-0.2, 0) is 0 Å². The van der Waals surface area contributed by atoms with E-state index in [1.165, 1.54) is 27.1 Å². The lowest BCUT2D eigenvalue weighted by Crippen LogP contribution is -2.54. The van der Waals surface area contributed by atoms with Crippen LogP contribution in [0.5, 0.6) is 0 Å². The first-order chi connectivity index (χ1) is 11.1. The molecule has 3 rings (SSSR count). The average Bonchev–Trinajstić information content (AvgIpc) is 2.60. The highest BCUT2D eigenvalue weighted by Gasteiger charge is 2.22. The molecule has 0 aliphatic rings. The summed E-state index contributed by atoms with van der Waals surface area (Å²) in [4.78, 5) is 0. The van der Waals surface area contributed by atoms with Crippen molar-refractivity contribution < 1.29 is 0 Å². The molecule has 23 heavy (non-hydrogen) atoms. The summed E-state index contributed by atoms with van der Waals surface area (Å²) in [6.45, 7) is 6.87. The van der Waals surface area contributed by atoms with Crippen LogP contribution in [0.4, 0.5) is 0 Å². The second kappa shape index (κ2) is 6.69. The summed E-state index contributed by atoms with van der Waals surface area (Å²) in [6, 6.07) is 24.6. The molecule has 0 heterocycles. The standard InChI is InChI=1S/C21H24Si2/c1-15-14-20(17(3)21(22)16(15)2)23(18-10-6-4-7-11-18)19-12-8-5-9-13-19/h4-14,23H,1-3,22H3. The Morgan fingerprint density at radius 1 is 0.696 bits per heavy atom. The normalized spacial score (nSPS) is 11.1. The third-order valence-corrected chi connectivity index (χ3v) is 9.92. The van der Waals surface area contributed by atoms with E-state index in [9.17, 15) is 0 Å². The van der Waals surface area contributed by atoms with Gasteiger partial charge >= 0.3 is 0 Å². The molecule has 0 fully saturated rings. The molecule has 0 bridgehead atoms. The van der Waals surface area contributed by atoms with E-state index in [1.54, 1.807) is 10.4 Å². The van der Waals surface area contributed by atoms with Gasteiger partial charge < -0.3 is 0 Å². The molecule has 0 nitrogen and oxygen atoms in total. The summed E-state index contributed by atoms with van der Waals surface area (Å²) in [7, 11) is -0.284. The van der Waals surface area contributed by atoms with Crippen molar-refractivity contribution in [1.29, 1.82) is 0 Å². The van der Waals surface area contributed by atoms with Crippen LogP contribution in [0.15, 0.2) is 66.7 Å². The highest BCUT2D eigenvalue weighted by atomic mass is 28.3. The van der Waals surface area contributed by atoms with Gasteiger partial charge in [0.2, 0.25) is 0 Å². The smallest absolute Gasteiger partial charge is 0.0649 e. The van der Waals surface area contributed by atoms with Crippen molar-refractivity contribution in [1.82, 2.24) is 0 Å². The number of aryl methyl sites for hydroxylation is 1. The van der Waals surface area contributed by atoms with Crippen molar-refractivity contribution in [2.75, 3.05) is 0 Å². The fraction of sp³-hybridized carbons (Fsp3) is 0.143. The lowest BCUT2D eigenvalue weighted by atomic mass is 10.1. The molecule has 0 unspecified atom stereocenters. The molecule has 3 aromatic carbocycles. The van der Waals surface area contributed by atoms with Crippen LogP contribution in [0.3, 0.4) is 0 Å². The maximum atomic E-state index is 2.46. The van der Waals surface area contributed by atoms with Crippen LogP contribution in [0, 0.1) is 20.8 Å². The molecule has 3 aromatic rings. The Hall–Kier alpha value is -1.91. The largest absolute Gasteiger partial charge is 0.133 e. The van der Waals surface area contributed by atoms with E-state index in [2.05, 4.69) is 87.5 Å². The molecule has 2 heteroatoms. The van der Waals surface area contributed by atoms with Crippen LogP contribution in [0.2, 0.25) is 0 Å². The molecule has 0 spiro atoms. The van der Waals surface area contributed by atoms with E-state index in [4.69, 9.17) is 0 Å². The van der Waals surface area contributed by atoms with E-state index in [0.717, 1.165) is 10.2 Å². The zero-order valence-corrected chi connectivity index (χ0v) is 17.6. The van der Waals surface area contributed by atoms with Crippen molar-refractivity contribution in [3.63, 3.8) is 0 Å². The molecular weight excluding hydrogens is 308 g/mol. The zero-order valence-electron chi connectivity index (χ0n) is 14.4. The second-order valence-electron chi connectivity index (χ2n) is 6.41. The molecule has 0 atom stereocenters. The zero-order chi connectivity index (χ0) is 16.4. The van der Waals surface area contributed by atoms with Crippen LogP contribution in [0.1, 0.15) is 16.7 Å². The lowest BCUT2D eigenvalue weighted by molar-refractivity contribution is 1.35. The van der Waals surface area contributed by atoms with Gasteiger partial charge in [0.1, 0.15) is 8.80 Å². The Balaban J connectivity index is 2.26. The Morgan fingerprint density at radius 3 is 1.65 bits per heavy atom. The second-order valence-corrected chi connectivity index (χ2v) is 10.2. The van der Waals surface area contributed by atoms with E-state index >= 15 is 0 Å². The van der Waals surface area contributed by atoms with Crippen molar-refractivity contribution in [3.8, 4) is 0 Å². The molecule has 0 aliphatic carbocycles. The van der Waals surface area contributed by atoms with Gasteiger partial charge in [-0.05, 0) is 37.1 Å². The minimum atomic E-state index is -1.40. The average molecular weight is 333 g/mol. The quantitative estimate of drug-likeness (QED) is 0.493. The van der Waals surface area contributed by atoms with Gasteiger partial charge in [0.15, 0.2) is 0 Å². The third-order valence-electron chi connectivity index (χ3n) is 5.10. The maximum Gasteiger partial charge on any atom is 0.133 e. The number of hydrogen-bond donors (Lipinski definition) is 0. The highest BCUT2D eigenvalue weighted by Crippen LogP contribution is 2.06. The maximum absolute atomic E-state index is 2.46. The minimum Gasteiger partial charge on any atom is -0.0649 e. The summed E-state index contributed by atoms with van der Waals surface area (Å²) in [5, 5.41) is 6.19. The van der Waals surface area contributed by atoms with Crippen molar-refractivity contribution in [2.45, 2.75) is 20.8 Å². The van der Waals surface area contributed by atoms with E-state index < -0.39 is 8.80 Å². The monoisotopic (exact) mass is 332 g/mol. The Morgan fingerprint density at radius 2 is 1.17 bits per heavy atom. The summed E-state index contributed by atoms with van der Waals surface area (Å²) < 4.78 is 0. The SMILES string of the molecule is Cc1cc([SiH](c2ccccc2)c2ccccc2)c(C)c([SiH3])c1C. The number of benzene rings is 3. The van der Waals surface area contributed by atoms with Gasteiger partial charge in [-0.15, -0.1) is 0 Å². The molecule has 0 saturated heterocycles. The van der Waals surface area contributed by atoms with Gasteiger partial charge in [0.05, 0.1) is 0 Å². The molecule has 0 aromatic heterocycles. The first kappa shape index (κ1) is 16.0. The molecule has 0 amide bonds. The summed E-state index contributed by atoms with van der Waals surface area (Å²) in [5.74, 6) is 0. The minimum absolute atomic E-state index is 1.12. The highest BCUT2D eigenvalue weighted by molar-refractivity contribution is 6.96. The van der Waals surface area contributed by atoms with Gasteiger partial charge in [-0.2, -0.15) is 0 Å². The van der Waals surface area contributed by atoms with Crippen LogP contribution >= 0.6 is 0 Å². The topological polar surface area (TPSA) is 0 Å². The van der Waals surface area contributed by atoms with Gasteiger partial charge in [0.25, 0.3) is 0 Å². The Kier molecular flexibility index (Phi) is 4.64. The Labute approximate surface area is 144 Å². The van der Waals surface area contributed by atoms with Crippen LogP contribution < -0.4 is 20.7 Å². The van der Waals surface area contributed by atoms with Crippen LogP contribution in [-0.4, -0.2) is 19.0 Å². The molecule has 0 saturated carbocycles. The lowest BCUT2D eigenvalue weighted by Gasteiger charge is -2.23. The molecule has 0 radical (unpaired) electrons. The van der Waals surface area contributed by atoms with Crippen LogP contribution in [0.25, 0.3) is 0 Å². The molecule has 0 aliphatic heterocycles. The Bertz CT molecular complexity index is 769. The summed E-state index contributed by atoms with van der Waals surface area (Å²) in [6.07, 6.45) is 0. The van der Waals surface area contributed by atoms with E-state index in [0.29, 0.717) is 0 Å². The van der Waals surface area contributed by atoms with E-state index in [1.807, 2.05) is 0 Å². The van der Waals surface area contributed by atoms with Gasteiger partial charge in [0, 0.05) is 10.2 Å². The fourth-order valence-electron chi connectivity index (χ4n) is 3.39. The third kappa shape index (κ3) is 3.10. The molecule has 116 valence electrons. The molecule has 0 N–H and O–H groups in total. The first-order valence-electron chi connectivity index (χ1n) is 8.26. The molecular formula is C21H24Si2. The summed E-state index contributed by atoms with van der Waals surface area (Å²) in [5.41, 5.74) is 4.47. The van der Waals surface area contributed by atoms with Crippen molar-refractivity contribution >= 4 is 39.8 Å². The number of hydrogen-bond acceptors (Lipinski definition) is 0.